The Balaban J connectivity index is 1.28. The summed E-state index contributed by atoms with van der Waals surface area (Å²) in [5, 5.41) is 3.30. The smallest absolute Gasteiger partial charge is 0.115 e. The summed E-state index contributed by atoms with van der Waals surface area (Å²) in [7, 11) is 2.26. The molecule has 4 rings (SSSR count). The van der Waals surface area contributed by atoms with E-state index in [9.17, 15) is 0 Å². The molecular weight excluding hydrogens is 306 g/mol. The molecule has 0 aromatic carbocycles. The molecule has 1 aliphatic heterocycles. The van der Waals surface area contributed by atoms with Crippen LogP contribution in [0.4, 0.5) is 0 Å². The van der Waals surface area contributed by atoms with Gasteiger partial charge in [-0.2, -0.15) is 0 Å². The van der Waals surface area contributed by atoms with Gasteiger partial charge in [0.1, 0.15) is 11.3 Å². The van der Waals surface area contributed by atoms with E-state index >= 15 is 0 Å². The number of thiazole rings is 1. The summed E-state index contributed by atoms with van der Waals surface area (Å²) in [5.41, 5.74) is 1.78. The van der Waals surface area contributed by atoms with Gasteiger partial charge in [0.2, 0.25) is 0 Å². The van der Waals surface area contributed by atoms with Gasteiger partial charge in [0.15, 0.2) is 0 Å². The number of aromatic nitrogens is 3. The molecular formula is C17H23N5S. The summed E-state index contributed by atoms with van der Waals surface area (Å²) < 4.78 is 0. The molecule has 1 saturated heterocycles. The van der Waals surface area contributed by atoms with Gasteiger partial charge in [0, 0.05) is 42.1 Å². The van der Waals surface area contributed by atoms with Crippen LogP contribution in [-0.2, 0) is 13.1 Å². The lowest BCUT2D eigenvalue weighted by Gasteiger charge is -2.34. The zero-order valence-electron chi connectivity index (χ0n) is 13.6. The van der Waals surface area contributed by atoms with Crippen LogP contribution in [0, 0.1) is 5.41 Å². The Morgan fingerprint density at radius 1 is 1.30 bits per heavy atom. The highest BCUT2D eigenvalue weighted by Crippen LogP contribution is 2.56. The summed E-state index contributed by atoms with van der Waals surface area (Å²) in [6.45, 7) is 4.36. The van der Waals surface area contributed by atoms with E-state index in [1.54, 1.807) is 17.7 Å². The van der Waals surface area contributed by atoms with Gasteiger partial charge >= 0.3 is 0 Å². The molecule has 23 heavy (non-hydrogen) atoms. The number of hydrogen-bond donors (Lipinski definition) is 0. The molecule has 2 aliphatic rings. The predicted octanol–water partition coefficient (Wildman–Crippen LogP) is 2.42. The largest absolute Gasteiger partial charge is 0.299 e. The van der Waals surface area contributed by atoms with Crippen molar-refractivity contribution in [2.24, 2.45) is 5.41 Å². The molecule has 0 unspecified atom stereocenters. The Morgan fingerprint density at radius 3 is 2.78 bits per heavy atom. The quantitative estimate of drug-likeness (QED) is 0.843. The lowest BCUT2D eigenvalue weighted by molar-refractivity contribution is 0.139. The minimum atomic E-state index is 0.565. The van der Waals surface area contributed by atoms with E-state index in [1.165, 1.54) is 42.9 Å². The number of nitrogens with zero attached hydrogens (tertiary/aromatic N) is 5. The molecule has 0 radical (unpaired) electrons. The van der Waals surface area contributed by atoms with E-state index in [4.69, 9.17) is 0 Å². The lowest BCUT2D eigenvalue weighted by Crippen LogP contribution is -2.37. The molecule has 0 amide bonds. The Kier molecular flexibility index (Phi) is 4.13. The second-order valence-electron chi connectivity index (χ2n) is 6.95. The van der Waals surface area contributed by atoms with Gasteiger partial charge in [-0.25, -0.2) is 15.0 Å². The molecule has 1 saturated carbocycles. The summed E-state index contributed by atoms with van der Waals surface area (Å²) in [6, 6.07) is 0.744. The average molecular weight is 329 g/mol. The van der Waals surface area contributed by atoms with Crippen molar-refractivity contribution < 1.29 is 0 Å². The van der Waals surface area contributed by atoms with Gasteiger partial charge in [0.05, 0.1) is 6.54 Å². The van der Waals surface area contributed by atoms with Crippen LogP contribution < -0.4 is 0 Å². The molecule has 2 aromatic heterocycles. The van der Waals surface area contributed by atoms with Crippen molar-refractivity contribution >= 4 is 11.3 Å². The summed E-state index contributed by atoms with van der Waals surface area (Å²) in [4.78, 5) is 17.7. The Hall–Kier alpha value is -1.37. The van der Waals surface area contributed by atoms with Crippen LogP contribution in [0.15, 0.2) is 30.3 Å². The lowest BCUT2D eigenvalue weighted by atomic mass is 9.92. The van der Waals surface area contributed by atoms with Crippen LogP contribution in [-0.4, -0.2) is 50.9 Å². The highest BCUT2D eigenvalue weighted by molar-refractivity contribution is 7.09. The molecule has 6 heteroatoms. The Bertz CT molecular complexity index is 622. The molecule has 5 nitrogen and oxygen atoms in total. The maximum absolute atomic E-state index is 4.42. The molecule has 0 bridgehead atoms. The molecule has 1 spiro atoms. The van der Waals surface area contributed by atoms with Crippen LogP contribution in [0.1, 0.15) is 29.8 Å². The van der Waals surface area contributed by atoms with Crippen LogP contribution in [0.2, 0.25) is 0 Å². The number of hydrogen-bond acceptors (Lipinski definition) is 6. The highest BCUT2D eigenvalue weighted by Gasteiger charge is 2.56. The van der Waals surface area contributed by atoms with Crippen LogP contribution in [0.25, 0.3) is 0 Å². The van der Waals surface area contributed by atoms with Gasteiger partial charge in [0.25, 0.3) is 0 Å². The monoisotopic (exact) mass is 329 g/mol. The third-order valence-electron chi connectivity index (χ3n) is 5.42. The minimum Gasteiger partial charge on any atom is -0.299 e. The summed E-state index contributed by atoms with van der Waals surface area (Å²) in [5.74, 6) is 0. The standard InChI is InChI=1S/C17H23N5S/c1-21(12-16-20-4-7-23-16)15-8-17(15)2-5-22(6-3-17)11-14-9-18-13-19-10-14/h4,7,9-10,13,15H,2-3,5-6,8,11-12H2,1H3/t15-/m0/s1. The van der Waals surface area contributed by atoms with Crippen molar-refractivity contribution in [3.63, 3.8) is 0 Å². The zero-order valence-corrected chi connectivity index (χ0v) is 14.4. The molecule has 2 fully saturated rings. The normalized spacial score (nSPS) is 23.5. The molecule has 3 heterocycles. The molecule has 1 aliphatic carbocycles. The molecule has 1 atom stereocenters. The van der Waals surface area contributed by atoms with E-state index < -0.39 is 0 Å². The SMILES string of the molecule is CN(Cc1nccs1)[C@H]1CC12CCN(Cc1cncnc1)CC2. The first-order valence-corrected chi connectivity index (χ1v) is 9.18. The van der Waals surface area contributed by atoms with Gasteiger partial charge in [-0.15, -0.1) is 11.3 Å². The van der Waals surface area contributed by atoms with Crippen LogP contribution in [0.3, 0.4) is 0 Å². The average Bonchev–Trinajstić information content (AvgIpc) is 3.02. The minimum absolute atomic E-state index is 0.565. The Morgan fingerprint density at radius 2 is 2.09 bits per heavy atom. The maximum Gasteiger partial charge on any atom is 0.115 e. The van der Waals surface area contributed by atoms with Crippen LogP contribution in [0.5, 0.6) is 0 Å². The van der Waals surface area contributed by atoms with Gasteiger partial charge < -0.3 is 0 Å². The third kappa shape index (κ3) is 3.29. The molecule has 122 valence electrons. The van der Waals surface area contributed by atoms with E-state index in [-0.39, 0.29) is 0 Å². The van der Waals surface area contributed by atoms with Gasteiger partial charge in [-0.05, 0) is 44.8 Å². The fourth-order valence-corrected chi connectivity index (χ4v) is 4.65. The van der Waals surface area contributed by atoms with E-state index in [0.29, 0.717) is 5.41 Å². The van der Waals surface area contributed by atoms with Crippen LogP contribution >= 0.6 is 11.3 Å². The molecule has 2 aromatic rings. The first-order chi connectivity index (χ1) is 11.3. The topological polar surface area (TPSA) is 45.2 Å². The van der Waals surface area contributed by atoms with Crippen molar-refractivity contribution in [2.45, 2.75) is 38.4 Å². The maximum atomic E-state index is 4.42. The van der Waals surface area contributed by atoms with E-state index in [1.807, 2.05) is 18.6 Å². The van der Waals surface area contributed by atoms with E-state index in [0.717, 1.165) is 19.1 Å². The number of piperidine rings is 1. The summed E-state index contributed by atoms with van der Waals surface area (Å²) >= 11 is 1.76. The third-order valence-corrected chi connectivity index (χ3v) is 6.18. The van der Waals surface area contributed by atoms with Crippen molar-refractivity contribution in [1.29, 1.82) is 0 Å². The van der Waals surface area contributed by atoms with Gasteiger partial charge in [-0.1, -0.05) is 0 Å². The number of likely N-dealkylation sites (tertiary alicyclic amines) is 1. The fourth-order valence-electron chi connectivity index (χ4n) is 3.97. The fraction of sp³-hybridized carbons (Fsp3) is 0.588. The highest BCUT2D eigenvalue weighted by atomic mass is 32.1. The van der Waals surface area contributed by atoms with Gasteiger partial charge in [-0.3, -0.25) is 9.80 Å². The van der Waals surface area contributed by atoms with E-state index in [2.05, 4.69) is 37.2 Å². The molecule has 0 N–H and O–H groups in total. The summed E-state index contributed by atoms with van der Waals surface area (Å²) in [6.07, 6.45) is 11.3. The first-order valence-electron chi connectivity index (χ1n) is 8.30. The van der Waals surface area contributed by atoms with Crippen molar-refractivity contribution in [3.05, 3.63) is 40.9 Å². The van der Waals surface area contributed by atoms with Crippen molar-refractivity contribution in [1.82, 2.24) is 24.8 Å². The Labute approximate surface area is 141 Å². The van der Waals surface area contributed by atoms with Crippen molar-refractivity contribution in [3.8, 4) is 0 Å². The first kappa shape index (κ1) is 15.2. The predicted molar refractivity (Wildman–Crippen MR) is 91.0 cm³/mol. The number of rotatable bonds is 5. The second-order valence-corrected chi connectivity index (χ2v) is 7.93. The zero-order chi connectivity index (χ0) is 15.7. The second kappa shape index (κ2) is 6.26. The van der Waals surface area contributed by atoms with Crippen molar-refractivity contribution in [2.75, 3.05) is 20.1 Å².